The molecule has 3 rings (SSSR count). The zero-order valence-corrected chi connectivity index (χ0v) is 20.8. The molecule has 2 aromatic rings. The number of carbonyl (C=O) groups excluding carboxylic acids is 4. The monoisotopic (exact) mass is 508 g/mol. The van der Waals surface area contributed by atoms with Crippen molar-refractivity contribution in [3.8, 4) is 0 Å². The van der Waals surface area contributed by atoms with E-state index in [-0.39, 0.29) is 30.0 Å². The van der Waals surface area contributed by atoms with Gasteiger partial charge in [-0.25, -0.2) is 4.39 Å². The Morgan fingerprint density at radius 3 is 2.22 bits per heavy atom. The minimum Gasteiger partial charge on any atom is -0.353 e. The van der Waals surface area contributed by atoms with Gasteiger partial charge in [0.05, 0.1) is 6.42 Å². The molecule has 0 unspecified atom stereocenters. The molecule has 8 nitrogen and oxygen atoms in total. The lowest BCUT2D eigenvalue weighted by atomic mass is 10.1. The minimum absolute atomic E-state index is 0.167. The zero-order valence-electron chi connectivity index (χ0n) is 20.8. The van der Waals surface area contributed by atoms with Crippen LogP contribution in [-0.4, -0.2) is 72.2 Å². The van der Waals surface area contributed by atoms with Gasteiger partial charge >= 0.3 is 0 Å². The summed E-state index contributed by atoms with van der Waals surface area (Å²) in [6.07, 6.45) is 3.08. The molecule has 0 radical (unpaired) electrons. The molecule has 0 bridgehead atoms. The second kappa shape index (κ2) is 13.9. The van der Waals surface area contributed by atoms with Gasteiger partial charge in [0.25, 0.3) is 5.91 Å². The third-order valence-electron chi connectivity index (χ3n) is 6.21. The maximum absolute atomic E-state index is 13.4. The molecule has 0 aliphatic carbocycles. The number of rotatable bonds is 11. The van der Waals surface area contributed by atoms with Crippen molar-refractivity contribution in [2.75, 3.05) is 32.7 Å². The van der Waals surface area contributed by atoms with Crippen LogP contribution in [0.15, 0.2) is 67.3 Å². The van der Waals surface area contributed by atoms with Crippen LogP contribution in [0.2, 0.25) is 0 Å². The first-order chi connectivity index (χ1) is 17.9. The first-order valence-corrected chi connectivity index (χ1v) is 12.4. The molecule has 1 heterocycles. The average molecular weight is 509 g/mol. The van der Waals surface area contributed by atoms with Crippen LogP contribution in [0.1, 0.15) is 35.2 Å². The van der Waals surface area contributed by atoms with E-state index < -0.39 is 11.9 Å². The first kappa shape index (κ1) is 27.6. The molecule has 1 aliphatic rings. The van der Waals surface area contributed by atoms with Gasteiger partial charge in [0, 0.05) is 38.3 Å². The van der Waals surface area contributed by atoms with Gasteiger partial charge in [0.2, 0.25) is 17.7 Å². The Bertz CT molecular complexity index is 1080. The van der Waals surface area contributed by atoms with Crippen molar-refractivity contribution in [1.29, 1.82) is 0 Å². The number of unbranched alkanes of at least 4 members (excludes halogenated alkanes) is 1. The fourth-order valence-corrected chi connectivity index (χ4v) is 4.17. The van der Waals surface area contributed by atoms with Crippen LogP contribution in [0.3, 0.4) is 0 Å². The summed E-state index contributed by atoms with van der Waals surface area (Å²) in [5, 5.41) is 5.59. The maximum Gasteiger partial charge on any atom is 0.253 e. The highest BCUT2D eigenvalue weighted by molar-refractivity contribution is 5.94. The highest BCUT2D eigenvalue weighted by atomic mass is 19.1. The van der Waals surface area contributed by atoms with E-state index in [1.165, 1.54) is 30.3 Å². The summed E-state index contributed by atoms with van der Waals surface area (Å²) >= 11 is 0. The van der Waals surface area contributed by atoms with Crippen molar-refractivity contribution in [1.82, 2.24) is 20.4 Å². The number of halogens is 1. The Morgan fingerprint density at radius 1 is 0.919 bits per heavy atom. The normalized spacial score (nSPS) is 14.0. The predicted molar refractivity (Wildman–Crippen MR) is 138 cm³/mol. The third-order valence-corrected chi connectivity index (χ3v) is 6.21. The van der Waals surface area contributed by atoms with E-state index in [2.05, 4.69) is 17.2 Å². The molecule has 1 saturated heterocycles. The average Bonchev–Trinajstić information content (AvgIpc) is 2.92. The number of hydrogen-bond acceptors (Lipinski definition) is 4. The van der Waals surface area contributed by atoms with Crippen molar-refractivity contribution < 1.29 is 23.6 Å². The van der Waals surface area contributed by atoms with E-state index in [0.29, 0.717) is 57.5 Å². The van der Waals surface area contributed by atoms with Crippen LogP contribution in [0.25, 0.3) is 0 Å². The van der Waals surface area contributed by atoms with Crippen molar-refractivity contribution in [3.05, 3.63) is 84.2 Å². The van der Waals surface area contributed by atoms with E-state index in [9.17, 15) is 23.6 Å². The Hall–Kier alpha value is -4.01. The number of carbonyl (C=O) groups is 4. The number of piperazine rings is 1. The highest BCUT2D eigenvalue weighted by Gasteiger charge is 2.30. The molecular weight excluding hydrogens is 475 g/mol. The molecular formula is C28H33FN4O4. The van der Waals surface area contributed by atoms with Gasteiger partial charge in [-0.15, -0.1) is 0 Å². The topological polar surface area (TPSA) is 98.8 Å². The standard InChI is InChI=1S/C28H33FN4O4/c1-2-25(34)30-15-7-6-10-24(31-26(35)20-21-8-4-3-5-9-21)28(37)33-18-16-32(17-19-33)27(36)22-11-13-23(29)14-12-22/h2-5,8-9,11-14,24H,1,6-7,10,15-20H2,(H,30,34)(H,31,35)/t24-/m0/s1. The SMILES string of the molecule is C=CC(=O)NCCCC[C@H](NC(=O)Cc1ccccc1)C(=O)N1CCN(C(=O)c2ccc(F)cc2)CC1. The molecule has 9 heteroatoms. The van der Waals surface area contributed by atoms with Gasteiger partial charge in [0.15, 0.2) is 0 Å². The number of nitrogens with one attached hydrogen (secondary N) is 2. The summed E-state index contributed by atoms with van der Waals surface area (Å²) in [6.45, 7) is 5.24. The van der Waals surface area contributed by atoms with Gasteiger partial charge in [-0.2, -0.15) is 0 Å². The summed E-state index contributed by atoms with van der Waals surface area (Å²) in [5.41, 5.74) is 1.25. The van der Waals surface area contributed by atoms with Crippen LogP contribution in [-0.2, 0) is 20.8 Å². The van der Waals surface area contributed by atoms with Crippen LogP contribution in [0.4, 0.5) is 4.39 Å². The number of amides is 4. The van der Waals surface area contributed by atoms with E-state index in [1.54, 1.807) is 9.80 Å². The highest BCUT2D eigenvalue weighted by Crippen LogP contribution is 2.13. The fourth-order valence-electron chi connectivity index (χ4n) is 4.17. The maximum atomic E-state index is 13.4. The fraction of sp³-hybridized carbons (Fsp3) is 0.357. The number of benzene rings is 2. The van der Waals surface area contributed by atoms with Gasteiger partial charge < -0.3 is 20.4 Å². The molecule has 0 aromatic heterocycles. The van der Waals surface area contributed by atoms with Crippen molar-refractivity contribution in [2.45, 2.75) is 31.7 Å². The van der Waals surface area contributed by atoms with Gasteiger partial charge in [0.1, 0.15) is 11.9 Å². The largest absolute Gasteiger partial charge is 0.353 e. The van der Waals surface area contributed by atoms with E-state index in [0.717, 1.165) is 5.56 Å². The van der Waals surface area contributed by atoms with Crippen molar-refractivity contribution >= 4 is 23.6 Å². The molecule has 4 amide bonds. The molecule has 1 fully saturated rings. The van der Waals surface area contributed by atoms with Gasteiger partial charge in [-0.05, 0) is 55.2 Å². The molecule has 0 saturated carbocycles. The number of nitrogens with zero attached hydrogens (tertiary/aromatic N) is 2. The molecule has 0 spiro atoms. The van der Waals surface area contributed by atoms with Crippen LogP contribution in [0, 0.1) is 5.82 Å². The van der Waals surface area contributed by atoms with Crippen LogP contribution < -0.4 is 10.6 Å². The third kappa shape index (κ3) is 8.56. The lowest BCUT2D eigenvalue weighted by Gasteiger charge is -2.36. The quantitative estimate of drug-likeness (QED) is 0.360. The van der Waals surface area contributed by atoms with Crippen LogP contribution >= 0.6 is 0 Å². The lowest BCUT2D eigenvalue weighted by molar-refractivity contribution is -0.137. The second-order valence-corrected chi connectivity index (χ2v) is 8.90. The zero-order chi connectivity index (χ0) is 26.6. The molecule has 2 N–H and O–H groups in total. The Morgan fingerprint density at radius 2 is 1.57 bits per heavy atom. The van der Waals surface area contributed by atoms with Crippen molar-refractivity contribution in [3.63, 3.8) is 0 Å². The Labute approximate surface area is 216 Å². The van der Waals surface area contributed by atoms with E-state index in [4.69, 9.17) is 0 Å². The van der Waals surface area contributed by atoms with E-state index >= 15 is 0 Å². The summed E-state index contributed by atoms with van der Waals surface area (Å²) < 4.78 is 13.2. The smallest absolute Gasteiger partial charge is 0.253 e. The molecule has 1 atom stereocenters. The molecule has 37 heavy (non-hydrogen) atoms. The van der Waals surface area contributed by atoms with Crippen molar-refractivity contribution in [2.24, 2.45) is 0 Å². The molecule has 196 valence electrons. The van der Waals surface area contributed by atoms with Gasteiger partial charge in [-0.1, -0.05) is 36.9 Å². The number of hydrogen-bond donors (Lipinski definition) is 2. The molecule has 2 aromatic carbocycles. The summed E-state index contributed by atoms with van der Waals surface area (Å²) in [5.74, 6) is -1.30. The minimum atomic E-state index is -0.703. The first-order valence-electron chi connectivity index (χ1n) is 12.4. The Kier molecular flexibility index (Phi) is 10.4. The van der Waals surface area contributed by atoms with E-state index in [1.807, 2.05) is 30.3 Å². The molecule has 1 aliphatic heterocycles. The predicted octanol–water partition coefficient (Wildman–Crippen LogP) is 2.31. The second-order valence-electron chi connectivity index (χ2n) is 8.90. The summed E-state index contributed by atoms with van der Waals surface area (Å²) in [6, 6.07) is 14.0. The summed E-state index contributed by atoms with van der Waals surface area (Å²) in [7, 11) is 0. The summed E-state index contributed by atoms with van der Waals surface area (Å²) in [4.78, 5) is 53.5. The van der Waals surface area contributed by atoms with Crippen LogP contribution in [0.5, 0.6) is 0 Å². The van der Waals surface area contributed by atoms with Gasteiger partial charge in [-0.3, -0.25) is 19.2 Å². The lowest BCUT2D eigenvalue weighted by Crippen LogP contribution is -2.56. The Balaban J connectivity index is 1.57.